The molecule has 1 heterocycles. The molecule has 0 unspecified atom stereocenters. The minimum Gasteiger partial charge on any atom is -1.00 e. The number of carbonyl (C=O) groups is 1. The van der Waals surface area contributed by atoms with E-state index in [-0.39, 0.29) is 28.5 Å². The first-order valence-electron chi connectivity index (χ1n) is 7.83. The number of carbonyl (C=O) groups excluding carboxylic acids is 1. The Bertz CT molecular complexity index is 904. The summed E-state index contributed by atoms with van der Waals surface area (Å²) in [5, 5.41) is 0. The molecule has 2 aromatic carbocycles. The van der Waals surface area contributed by atoms with Gasteiger partial charge in [0.2, 0.25) is 6.33 Å². The zero-order valence-electron chi connectivity index (χ0n) is 14.3. The zero-order valence-corrected chi connectivity index (χ0v) is 15.9. The van der Waals surface area contributed by atoms with Gasteiger partial charge in [-0.25, -0.2) is 9.13 Å². The van der Waals surface area contributed by atoms with E-state index in [2.05, 4.69) is 4.74 Å². The van der Waals surface area contributed by atoms with Gasteiger partial charge < -0.3 is 21.7 Å². The van der Waals surface area contributed by atoms with Crippen molar-refractivity contribution in [3.05, 3.63) is 78.4 Å². The molecule has 0 saturated carbocycles. The quantitative estimate of drug-likeness (QED) is 0.436. The van der Waals surface area contributed by atoms with Gasteiger partial charge in [0.15, 0.2) is 5.78 Å². The second kappa shape index (κ2) is 8.39. The number of halogens is 4. The Morgan fingerprint density at radius 1 is 1.07 bits per heavy atom. The lowest BCUT2D eigenvalue weighted by Gasteiger charge is -2.08. The molecule has 3 rings (SSSR count). The summed E-state index contributed by atoms with van der Waals surface area (Å²) >= 11 is 0. The largest absolute Gasteiger partial charge is 1.00 e. The van der Waals surface area contributed by atoms with Crippen LogP contribution in [0.15, 0.2) is 67.3 Å². The lowest BCUT2D eigenvalue weighted by molar-refractivity contribution is -0.687. The third-order valence-electron chi connectivity index (χ3n) is 3.79. The highest BCUT2D eigenvalue weighted by Gasteiger charge is 2.30. The van der Waals surface area contributed by atoms with Gasteiger partial charge in [0.05, 0.1) is 0 Å². The molecule has 0 bridgehead atoms. The molecule has 8 heteroatoms. The van der Waals surface area contributed by atoms with E-state index < -0.39 is 6.36 Å². The molecule has 0 atom stereocenters. The van der Waals surface area contributed by atoms with E-state index in [0.717, 1.165) is 11.3 Å². The van der Waals surface area contributed by atoms with Gasteiger partial charge in [-0.1, -0.05) is 12.1 Å². The molecule has 0 amide bonds. The van der Waals surface area contributed by atoms with Crippen LogP contribution in [0.4, 0.5) is 13.2 Å². The molecule has 4 nitrogen and oxygen atoms in total. The van der Waals surface area contributed by atoms with E-state index in [9.17, 15) is 18.0 Å². The van der Waals surface area contributed by atoms with E-state index in [1.165, 1.54) is 19.1 Å². The Labute approximate surface area is 164 Å². The first-order valence-corrected chi connectivity index (χ1v) is 7.83. The number of benzene rings is 2. The number of hydrogen-bond acceptors (Lipinski definition) is 2. The normalized spacial score (nSPS) is 11.0. The lowest BCUT2D eigenvalue weighted by Crippen LogP contribution is -3.00. The van der Waals surface area contributed by atoms with E-state index in [0.29, 0.717) is 12.1 Å². The van der Waals surface area contributed by atoms with Crippen molar-refractivity contribution in [3.63, 3.8) is 0 Å². The first-order chi connectivity index (χ1) is 12.3. The molecular formula is C19H16BrF3N2O2. The molecule has 0 N–H and O–H groups in total. The van der Waals surface area contributed by atoms with Crippen LogP contribution >= 0.6 is 0 Å². The molecule has 3 aromatic rings. The fourth-order valence-corrected chi connectivity index (χ4v) is 2.52. The summed E-state index contributed by atoms with van der Waals surface area (Å²) < 4.78 is 44.2. The maximum Gasteiger partial charge on any atom is 0.573 e. The predicted octanol–water partition coefficient (Wildman–Crippen LogP) is 0.918. The minimum atomic E-state index is -4.69. The number of ether oxygens (including phenoxy) is 1. The predicted molar refractivity (Wildman–Crippen MR) is 88.2 cm³/mol. The summed E-state index contributed by atoms with van der Waals surface area (Å²) in [6, 6.07) is 13.0. The highest BCUT2D eigenvalue weighted by molar-refractivity contribution is 5.94. The van der Waals surface area contributed by atoms with Crippen LogP contribution in [-0.2, 0) is 6.54 Å². The van der Waals surface area contributed by atoms with Crippen molar-refractivity contribution in [2.45, 2.75) is 19.8 Å². The number of alkyl halides is 3. The number of nitrogens with zero attached hydrogens (tertiary/aromatic N) is 2. The average Bonchev–Trinajstić information content (AvgIpc) is 3.04. The van der Waals surface area contributed by atoms with E-state index in [1.807, 2.05) is 40.0 Å². The van der Waals surface area contributed by atoms with Crippen molar-refractivity contribution in [1.29, 1.82) is 0 Å². The van der Waals surface area contributed by atoms with Gasteiger partial charge in [0.25, 0.3) is 0 Å². The molecule has 27 heavy (non-hydrogen) atoms. The van der Waals surface area contributed by atoms with Crippen molar-refractivity contribution >= 4 is 5.78 Å². The fourth-order valence-electron chi connectivity index (χ4n) is 2.52. The molecule has 0 spiro atoms. The number of hydrogen-bond donors (Lipinski definition) is 0. The van der Waals surface area contributed by atoms with E-state index >= 15 is 0 Å². The molecule has 0 aliphatic carbocycles. The number of aromatic nitrogens is 2. The molecule has 0 fully saturated rings. The summed E-state index contributed by atoms with van der Waals surface area (Å²) in [6.07, 6.45) is 0.900. The smallest absolute Gasteiger partial charge is 0.573 e. The Morgan fingerprint density at radius 2 is 1.70 bits per heavy atom. The van der Waals surface area contributed by atoms with Gasteiger partial charge in [-0.3, -0.25) is 4.79 Å². The number of rotatable bonds is 5. The minimum absolute atomic E-state index is 0. The highest BCUT2D eigenvalue weighted by atomic mass is 79.9. The summed E-state index contributed by atoms with van der Waals surface area (Å²) in [6.45, 7) is 2.02. The fraction of sp³-hybridized carbons (Fsp3) is 0.158. The highest BCUT2D eigenvalue weighted by Crippen LogP contribution is 2.22. The lowest BCUT2D eigenvalue weighted by atomic mass is 10.1. The van der Waals surface area contributed by atoms with Gasteiger partial charge >= 0.3 is 6.36 Å². The number of imidazole rings is 1. The second-order valence-electron chi connectivity index (χ2n) is 5.79. The SMILES string of the molecule is CC(=O)c1ccc(-n2cc[n+](Cc3ccc(OC(F)(F)F)cc3)c2)cc1.[Br-]. The molecule has 0 aliphatic rings. The summed E-state index contributed by atoms with van der Waals surface area (Å²) in [4.78, 5) is 11.3. The van der Waals surface area contributed by atoms with Gasteiger partial charge in [-0.05, 0) is 48.9 Å². The number of Topliss-reactive ketones (excluding diaryl/α,β-unsaturated/α-hetero) is 1. The third kappa shape index (κ3) is 5.68. The van der Waals surface area contributed by atoms with Crippen molar-refractivity contribution in [3.8, 4) is 11.4 Å². The number of ketones is 1. The monoisotopic (exact) mass is 440 g/mol. The average molecular weight is 441 g/mol. The Hall–Kier alpha value is -2.61. The van der Waals surface area contributed by atoms with Gasteiger partial charge in [0, 0.05) is 5.56 Å². The summed E-state index contributed by atoms with van der Waals surface area (Å²) in [5.74, 6) is -0.230. The molecule has 1 aromatic heterocycles. The summed E-state index contributed by atoms with van der Waals surface area (Å²) in [5.41, 5.74) is 2.40. The summed E-state index contributed by atoms with van der Waals surface area (Å²) in [7, 11) is 0. The van der Waals surface area contributed by atoms with Gasteiger partial charge in [0.1, 0.15) is 30.4 Å². The molecule has 0 aliphatic heterocycles. The molecule has 142 valence electrons. The van der Waals surface area contributed by atoms with Crippen LogP contribution in [-0.4, -0.2) is 16.7 Å². The van der Waals surface area contributed by atoms with Crippen LogP contribution in [0.25, 0.3) is 5.69 Å². The topological polar surface area (TPSA) is 35.1 Å². The first kappa shape index (κ1) is 20.7. The Morgan fingerprint density at radius 3 is 2.26 bits per heavy atom. The van der Waals surface area contributed by atoms with Gasteiger partial charge in [-0.15, -0.1) is 13.2 Å². The van der Waals surface area contributed by atoms with Crippen molar-refractivity contribution in [2.75, 3.05) is 0 Å². The Kier molecular flexibility index (Phi) is 6.43. The third-order valence-corrected chi connectivity index (χ3v) is 3.79. The van der Waals surface area contributed by atoms with E-state index in [1.54, 1.807) is 24.3 Å². The maximum absolute atomic E-state index is 12.2. The van der Waals surface area contributed by atoms with Crippen molar-refractivity contribution in [2.24, 2.45) is 0 Å². The standard InChI is InChI=1S/C19H16F3N2O2.BrH/c1-14(25)16-4-6-17(7-5-16)24-11-10-23(13-24)12-15-2-8-18(9-3-15)26-19(20,21)22;/h2-11,13H,12H2,1H3;1H/q+1;/p-1. The van der Waals surface area contributed by atoms with Crippen LogP contribution in [0.3, 0.4) is 0 Å². The Balaban J connectivity index is 0.00000261. The van der Waals surface area contributed by atoms with E-state index in [4.69, 9.17) is 0 Å². The van der Waals surface area contributed by atoms with Crippen LogP contribution in [0, 0.1) is 0 Å². The molecule has 0 saturated heterocycles. The van der Waals surface area contributed by atoms with Crippen molar-refractivity contribution in [1.82, 2.24) is 4.57 Å². The van der Waals surface area contributed by atoms with Crippen molar-refractivity contribution < 1.29 is 44.3 Å². The van der Waals surface area contributed by atoms with Crippen LogP contribution < -0.4 is 26.3 Å². The second-order valence-corrected chi connectivity index (χ2v) is 5.79. The van der Waals surface area contributed by atoms with Crippen LogP contribution in [0.5, 0.6) is 5.75 Å². The molecular weight excluding hydrogens is 425 g/mol. The zero-order chi connectivity index (χ0) is 18.7. The maximum atomic E-state index is 12.2. The molecule has 0 radical (unpaired) electrons. The van der Waals surface area contributed by atoms with Gasteiger partial charge in [-0.2, -0.15) is 0 Å². The van der Waals surface area contributed by atoms with Crippen LogP contribution in [0.2, 0.25) is 0 Å². The van der Waals surface area contributed by atoms with Crippen LogP contribution in [0.1, 0.15) is 22.8 Å².